The highest BCUT2D eigenvalue weighted by Crippen LogP contribution is 2.11. The fourth-order valence-corrected chi connectivity index (χ4v) is 2.27. The third-order valence-electron chi connectivity index (χ3n) is 2.91. The van der Waals surface area contributed by atoms with Gasteiger partial charge in [-0.1, -0.05) is 0 Å². The highest BCUT2D eigenvalue weighted by atomic mass is 35.5. The maximum absolute atomic E-state index is 11.4. The topological polar surface area (TPSA) is 58.1 Å². The maximum Gasteiger partial charge on any atom is 0.224 e. The third kappa shape index (κ3) is 3.57. The summed E-state index contributed by atoms with van der Waals surface area (Å²) in [5.74, 6) is 1.01. The van der Waals surface area contributed by atoms with E-state index in [0.29, 0.717) is 6.42 Å². The molecule has 1 saturated heterocycles. The van der Waals surface area contributed by atoms with Gasteiger partial charge in [0.05, 0.1) is 0 Å². The predicted octanol–water partition coefficient (Wildman–Crippen LogP) is 1.86. The van der Waals surface area contributed by atoms with E-state index in [0.717, 1.165) is 44.0 Å². The number of rotatable bonds is 5. The second-order valence-electron chi connectivity index (χ2n) is 4.43. The van der Waals surface area contributed by atoms with Crippen LogP contribution in [-0.2, 0) is 4.79 Å². The number of hydrogen-bond donors (Lipinski definition) is 1. The maximum atomic E-state index is 11.4. The van der Waals surface area contributed by atoms with Crippen molar-refractivity contribution in [2.75, 3.05) is 25.0 Å². The molecule has 0 atom stereocenters. The summed E-state index contributed by atoms with van der Waals surface area (Å²) < 4.78 is 0. The van der Waals surface area contributed by atoms with Gasteiger partial charge in [0.15, 0.2) is 0 Å². The molecule has 6 heteroatoms. The molecule has 0 radical (unpaired) electrons. The first-order chi connectivity index (χ1) is 8.65. The molecule has 0 aromatic carbocycles. The highest BCUT2D eigenvalue weighted by molar-refractivity contribution is 6.28. The van der Waals surface area contributed by atoms with Gasteiger partial charge < -0.3 is 10.2 Å². The van der Waals surface area contributed by atoms with E-state index in [9.17, 15) is 4.79 Å². The Hall–Kier alpha value is -1.36. The van der Waals surface area contributed by atoms with Crippen LogP contribution in [0.4, 0.5) is 5.82 Å². The van der Waals surface area contributed by atoms with E-state index in [4.69, 9.17) is 11.6 Å². The first-order valence-corrected chi connectivity index (χ1v) is 6.56. The normalized spacial score (nSPS) is 15.2. The monoisotopic (exact) mass is 268 g/mol. The lowest BCUT2D eigenvalue weighted by atomic mass is 10.3. The van der Waals surface area contributed by atoms with Gasteiger partial charge >= 0.3 is 0 Å². The van der Waals surface area contributed by atoms with Crippen LogP contribution < -0.4 is 5.32 Å². The van der Waals surface area contributed by atoms with Gasteiger partial charge in [-0.3, -0.25) is 4.79 Å². The number of anilines is 1. The van der Waals surface area contributed by atoms with E-state index >= 15 is 0 Å². The Morgan fingerprint density at radius 3 is 3.00 bits per heavy atom. The molecule has 2 heterocycles. The lowest BCUT2D eigenvalue weighted by Gasteiger charge is -2.15. The average Bonchev–Trinajstić information content (AvgIpc) is 2.69. The summed E-state index contributed by atoms with van der Waals surface area (Å²) >= 11 is 5.77. The van der Waals surface area contributed by atoms with Crippen molar-refractivity contribution in [1.82, 2.24) is 14.9 Å². The first-order valence-electron chi connectivity index (χ1n) is 6.18. The number of aryl methyl sites for hydroxylation is 1. The summed E-state index contributed by atoms with van der Waals surface area (Å²) in [5, 5.41) is 3.45. The fourth-order valence-electron chi connectivity index (χ4n) is 2.05. The van der Waals surface area contributed by atoms with Crippen molar-refractivity contribution in [2.45, 2.75) is 26.2 Å². The van der Waals surface area contributed by atoms with Gasteiger partial charge in [0, 0.05) is 37.8 Å². The summed E-state index contributed by atoms with van der Waals surface area (Å²) in [5.41, 5.74) is 0.840. The van der Waals surface area contributed by atoms with Crippen LogP contribution in [0.25, 0.3) is 0 Å². The molecule has 1 aromatic heterocycles. The van der Waals surface area contributed by atoms with Gasteiger partial charge in [-0.2, -0.15) is 0 Å². The average molecular weight is 269 g/mol. The van der Waals surface area contributed by atoms with Crippen LogP contribution in [0.5, 0.6) is 0 Å². The van der Waals surface area contributed by atoms with Crippen molar-refractivity contribution >= 4 is 23.3 Å². The molecule has 0 aliphatic carbocycles. The Labute approximate surface area is 112 Å². The highest BCUT2D eigenvalue weighted by Gasteiger charge is 2.18. The van der Waals surface area contributed by atoms with Crippen LogP contribution in [0.2, 0.25) is 5.28 Å². The van der Waals surface area contributed by atoms with E-state index < -0.39 is 0 Å². The van der Waals surface area contributed by atoms with Gasteiger partial charge in [0.1, 0.15) is 5.82 Å². The molecule has 1 aliphatic heterocycles. The van der Waals surface area contributed by atoms with Gasteiger partial charge in [0.25, 0.3) is 0 Å². The van der Waals surface area contributed by atoms with Crippen molar-refractivity contribution in [1.29, 1.82) is 0 Å². The second-order valence-corrected chi connectivity index (χ2v) is 4.77. The van der Waals surface area contributed by atoms with E-state index in [2.05, 4.69) is 15.3 Å². The molecule has 1 aromatic rings. The number of likely N-dealkylation sites (tertiary alicyclic amines) is 1. The molecule has 1 amide bonds. The van der Waals surface area contributed by atoms with E-state index in [1.807, 2.05) is 17.9 Å². The molecular formula is C12H17ClN4O. The Balaban J connectivity index is 1.73. The number of amides is 1. The summed E-state index contributed by atoms with van der Waals surface area (Å²) in [4.78, 5) is 21.4. The number of carbonyl (C=O) groups excluding carboxylic acids is 1. The lowest BCUT2D eigenvalue weighted by Crippen LogP contribution is -2.27. The predicted molar refractivity (Wildman–Crippen MR) is 70.7 cm³/mol. The summed E-state index contributed by atoms with van der Waals surface area (Å²) in [6, 6.07) is 1.85. The molecule has 18 heavy (non-hydrogen) atoms. The third-order valence-corrected chi connectivity index (χ3v) is 3.08. The number of aromatic nitrogens is 2. The zero-order valence-electron chi connectivity index (χ0n) is 10.4. The number of halogens is 1. The molecule has 0 bridgehead atoms. The van der Waals surface area contributed by atoms with Gasteiger partial charge in [0.2, 0.25) is 11.2 Å². The van der Waals surface area contributed by atoms with Crippen LogP contribution in [0.1, 0.15) is 25.0 Å². The Morgan fingerprint density at radius 2 is 2.33 bits per heavy atom. The first kappa shape index (κ1) is 13.1. The molecule has 98 valence electrons. The molecule has 5 nitrogen and oxygen atoms in total. The van der Waals surface area contributed by atoms with Gasteiger partial charge in [-0.05, 0) is 31.4 Å². The van der Waals surface area contributed by atoms with E-state index in [-0.39, 0.29) is 11.2 Å². The largest absolute Gasteiger partial charge is 0.370 e. The number of carbonyl (C=O) groups is 1. The molecule has 0 unspecified atom stereocenters. The van der Waals surface area contributed by atoms with Gasteiger partial charge in [-0.25, -0.2) is 9.97 Å². The molecule has 1 N–H and O–H groups in total. The Bertz CT molecular complexity index is 418. The minimum atomic E-state index is 0.257. The smallest absolute Gasteiger partial charge is 0.224 e. The van der Waals surface area contributed by atoms with E-state index in [1.54, 1.807) is 0 Å². The lowest BCUT2D eigenvalue weighted by molar-refractivity contribution is -0.127. The minimum absolute atomic E-state index is 0.257. The van der Waals surface area contributed by atoms with E-state index in [1.165, 1.54) is 0 Å². The Morgan fingerprint density at radius 1 is 1.50 bits per heavy atom. The summed E-state index contributed by atoms with van der Waals surface area (Å²) in [6.45, 7) is 4.36. The molecule has 0 spiro atoms. The number of nitrogens with one attached hydrogen (secondary N) is 1. The minimum Gasteiger partial charge on any atom is -0.370 e. The van der Waals surface area contributed by atoms with Crippen LogP contribution in [0, 0.1) is 6.92 Å². The van der Waals surface area contributed by atoms with Crippen molar-refractivity contribution in [3.8, 4) is 0 Å². The fraction of sp³-hybridized carbons (Fsp3) is 0.583. The Kier molecular flexibility index (Phi) is 4.36. The number of nitrogens with zero attached hydrogens (tertiary/aromatic N) is 3. The standard InChI is InChI=1S/C12H17ClN4O/c1-9-8-10(16-12(13)15-9)14-5-3-7-17-6-2-4-11(17)18/h8H,2-7H2,1H3,(H,14,15,16). The van der Waals surface area contributed by atoms with Crippen molar-refractivity contribution in [3.05, 3.63) is 17.0 Å². The molecule has 0 saturated carbocycles. The zero-order valence-corrected chi connectivity index (χ0v) is 11.2. The SMILES string of the molecule is Cc1cc(NCCCN2CCCC2=O)nc(Cl)n1. The number of hydrogen-bond acceptors (Lipinski definition) is 4. The second kappa shape index (κ2) is 6.00. The van der Waals surface area contributed by atoms with Crippen molar-refractivity contribution in [3.63, 3.8) is 0 Å². The molecular weight excluding hydrogens is 252 g/mol. The summed E-state index contributed by atoms with van der Waals surface area (Å²) in [6.07, 6.45) is 2.60. The van der Waals surface area contributed by atoms with Gasteiger partial charge in [-0.15, -0.1) is 0 Å². The van der Waals surface area contributed by atoms with Crippen LogP contribution in [-0.4, -0.2) is 40.4 Å². The van der Waals surface area contributed by atoms with Crippen LogP contribution in [0.3, 0.4) is 0 Å². The molecule has 2 rings (SSSR count). The summed E-state index contributed by atoms with van der Waals surface area (Å²) in [7, 11) is 0. The van der Waals surface area contributed by atoms with Crippen LogP contribution in [0.15, 0.2) is 6.07 Å². The molecule has 1 fully saturated rings. The van der Waals surface area contributed by atoms with Crippen LogP contribution >= 0.6 is 11.6 Å². The van der Waals surface area contributed by atoms with Crippen molar-refractivity contribution < 1.29 is 4.79 Å². The zero-order chi connectivity index (χ0) is 13.0. The molecule has 1 aliphatic rings. The quantitative estimate of drug-likeness (QED) is 0.654. The van der Waals surface area contributed by atoms with Crippen molar-refractivity contribution in [2.24, 2.45) is 0 Å².